The smallest absolute Gasteiger partial charge is 0.410 e. The molecule has 0 bridgehead atoms. The summed E-state index contributed by atoms with van der Waals surface area (Å²) in [6, 6.07) is 34.3. The topological polar surface area (TPSA) is 407 Å². The third kappa shape index (κ3) is 33.3. The van der Waals surface area contributed by atoms with Crippen LogP contribution in [0.3, 0.4) is 0 Å². The monoisotopic (exact) mass is 1750 g/mol. The van der Waals surface area contributed by atoms with Gasteiger partial charge in [-0.3, -0.25) is 20.2 Å². The molecular weight excluding hydrogens is 1620 g/mol. The highest BCUT2D eigenvalue weighted by atomic mass is 32.1. The zero-order valence-corrected chi connectivity index (χ0v) is 74.5. The number of nitrogens with zero attached hydrogens (tertiary/aromatic N) is 12. The number of thiophene rings is 2. The van der Waals surface area contributed by atoms with Crippen LogP contribution < -0.4 is 71.1 Å². The Balaban J connectivity index is 0.000000233. The third-order valence-electron chi connectivity index (χ3n) is 17.7. The van der Waals surface area contributed by atoms with Crippen LogP contribution in [0.4, 0.5) is 76.1 Å². The van der Waals surface area contributed by atoms with Crippen LogP contribution in [0.15, 0.2) is 136 Å². The van der Waals surface area contributed by atoms with Crippen molar-refractivity contribution in [3.63, 3.8) is 0 Å². The second kappa shape index (κ2) is 46.7. The minimum Gasteiger partial charge on any atom is -0.490 e. The highest BCUT2D eigenvalue weighted by Crippen LogP contribution is 2.39. The van der Waals surface area contributed by atoms with Gasteiger partial charge in [-0.1, -0.05) is 19.6 Å². The average molecular weight is 1750 g/mol. The Labute approximate surface area is 729 Å². The van der Waals surface area contributed by atoms with Crippen LogP contribution in [0.1, 0.15) is 100 Å². The Morgan fingerprint density at radius 3 is 1.20 bits per heavy atom. The lowest BCUT2D eigenvalue weighted by Gasteiger charge is -2.33. The number of aldehydes is 1. The summed E-state index contributed by atoms with van der Waals surface area (Å²) < 4.78 is 49.0. The maximum absolute atomic E-state index is 12.2. The van der Waals surface area contributed by atoms with Gasteiger partial charge in [-0.15, -0.1) is 22.7 Å². The minimum atomic E-state index is -0.544. The first kappa shape index (κ1) is 99.6. The maximum Gasteiger partial charge on any atom is 0.410 e. The summed E-state index contributed by atoms with van der Waals surface area (Å²) in [5.41, 5.74) is 22.8. The zero-order valence-electron chi connectivity index (χ0n) is 72.9. The molecule has 37 heteroatoms. The number of nitro groups is 2. The van der Waals surface area contributed by atoms with Gasteiger partial charge in [0.1, 0.15) is 102 Å². The maximum atomic E-state index is 12.2. The summed E-state index contributed by atoms with van der Waals surface area (Å²) in [6.45, 7) is 34.1. The fourth-order valence-corrected chi connectivity index (χ4v) is 12.9. The number of aliphatic imine (C=N–C) groups is 2. The van der Waals surface area contributed by atoms with Crippen LogP contribution in [0.25, 0.3) is 0 Å². The summed E-state index contributed by atoms with van der Waals surface area (Å²) >= 11 is 3.15. The van der Waals surface area contributed by atoms with E-state index in [9.17, 15) is 44.2 Å². The molecule has 672 valence electrons. The molecule has 0 spiro atoms. The zero-order chi connectivity index (χ0) is 89.7. The molecule has 8 N–H and O–H groups in total. The molecule has 0 unspecified atom stereocenters. The first-order valence-electron chi connectivity index (χ1n) is 39.8. The van der Waals surface area contributed by atoms with Crippen LogP contribution >= 0.6 is 22.7 Å². The predicted molar refractivity (Wildman–Crippen MR) is 486 cm³/mol. The van der Waals surface area contributed by atoms with Crippen molar-refractivity contribution in [1.82, 2.24) is 24.9 Å². The van der Waals surface area contributed by atoms with E-state index in [1.807, 2.05) is 164 Å². The Morgan fingerprint density at radius 1 is 0.496 bits per heavy atom. The molecule has 5 aliphatic rings. The van der Waals surface area contributed by atoms with Crippen molar-refractivity contribution in [1.29, 1.82) is 0 Å². The standard InChI is InChI=1S/C21H28N4O3S.C16H20N4OS.C16H23N3O5.C16H25N3O3.C8H8N2O3.C8H15NO3.CH4/c1-21(2,3)28-20(26)24(4)9-10-25-11-12-27-17-8-7-15(14-16(17)25)23-19(22)18-6-5-13-29-18;1-18-6-7-20-8-9-21-14-5-4-12(11-13(14)20)19-16(17)15-3-2-10-22-15;1-16(2,3)24-15(20)17(4)7-8-18-9-10-23-14-6-5-12(19(21)22)11-13(14)18;1-16(2,3)22-15(20)18(4)7-8-19-9-10-21-14-6-5-12(17)11-13(14)19;11-10(12)6-1-2-8-7(5-6)9-3-4-13-8;1-8(2,3)12-7(11)9(4)5-6-10;/h5-8,13-14H,9-12H2,1-4H3,(H2,22,23);2-5,10-11,18H,6-9H2,1H3,(H2,17,19);5-6,11H,7-10H2,1-4H3;5-6,11H,7-10,17H2,1-4H3;1-2,5,9H,3-4H2;6H,5H2,1-4H3;1H4. The molecule has 35 nitrogen and oxygen atoms in total. The Hall–Kier alpha value is -12.3. The molecule has 123 heavy (non-hydrogen) atoms. The third-order valence-corrected chi connectivity index (χ3v) is 19.5. The van der Waals surface area contributed by atoms with Gasteiger partial charge in [0.25, 0.3) is 11.4 Å². The number of carbonyl (C=O) groups excluding carboxylic acids is 5. The number of ether oxygens (including phenoxy) is 9. The number of nitrogens with one attached hydrogen (secondary N) is 2. The molecule has 0 fully saturated rings. The van der Waals surface area contributed by atoms with Gasteiger partial charge in [0.15, 0.2) is 0 Å². The van der Waals surface area contributed by atoms with Crippen LogP contribution in [0, 0.1) is 20.2 Å². The van der Waals surface area contributed by atoms with Crippen molar-refractivity contribution in [2.75, 3.05) is 191 Å². The fraction of sp³-hybridized carbons (Fsp3) is 0.477. The van der Waals surface area contributed by atoms with E-state index in [1.165, 1.54) is 41.1 Å². The number of hydrogen-bond donors (Lipinski definition) is 5. The summed E-state index contributed by atoms with van der Waals surface area (Å²) in [7, 11) is 8.64. The lowest BCUT2D eigenvalue weighted by atomic mass is 10.2. The first-order valence-corrected chi connectivity index (χ1v) is 41.6. The molecule has 5 aromatic carbocycles. The van der Waals surface area contributed by atoms with Gasteiger partial charge in [0.2, 0.25) is 0 Å². The van der Waals surface area contributed by atoms with Crippen LogP contribution in [-0.4, -0.2) is 254 Å². The van der Waals surface area contributed by atoms with E-state index in [1.54, 1.807) is 86.5 Å². The van der Waals surface area contributed by atoms with Gasteiger partial charge in [-0.25, -0.2) is 29.2 Å². The lowest BCUT2D eigenvalue weighted by molar-refractivity contribution is -0.385. The van der Waals surface area contributed by atoms with E-state index in [-0.39, 0.29) is 37.5 Å². The van der Waals surface area contributed by atoms with Crippen molar-refractivity contribution in [3.05, 3.63) is 156 Å². The van der Waals surface area contributed by atoms with E-state index in [4.69, 9.17) is 59.8 Å². The van der Waals surface area contributed by atoms with Crippen LogP contribution in [-0.2, 0) is 23.7 Å². The number of amidine groups is 2. The van der Waals surface area contributed by atoms with Gasteiger partial charge in [-0.2, -0.15) is 0 Å². The lowest BCUT2D eigenvalue weighted by Crippen LogP contribution is -2.41. The number of nitrogen functional groups attached to an aromatic ring is 1. The normalized spacial score (nSPS) is 13.7. The number of rotatable bonds is 20. The van der Waals surface area contributed by atoms with E-state index in [0.717, 1.165) is 94.8 Å². The molecule has 7 heterocycles. The number of anilines is 6. The number of hydrogen-bond acceptors (Lipinski definition) is 29. The number of benzene rings is 5. The Morgan fingerprint density at radius 2 is 0.837 bits per heavy atom. The van der Waals surface area contributed by atoms with Crippen LogP contribution in [0.2, 0.25) is 0 Å². The minimum absolute atomic E-state index is 0. The fourth-order valence-electron chi connectivity index (χ4n) is 11.6. The number of non-ortho nitro benzene ring substituents is 2. The van der Waals surface area contributed by atoms with Crippen molar-refractivity contribution in [3.8, 4) is 28.7 Å². The highest BCUT2D eigenvalue weighted by Gasteiger charge is 2.29. The largest absolute Gasteiger partial charge is 0.490 e. The summed E-state index contributed by atoms with van der Waals surface area (Å²) in [5, 5.41) is 31.6. The number of likely N-dealkylation sites (N-methyl/N-ethyl adjacent to an activating group) is 5. The SMILES string of the molecule is C.CN(CC=O)C(=O)OC(C)(C)C.CN(CCN1CCOc2ccc(N)cc21)C(=O)OC(C)(C)C.CN(CCN1CCOc2ccc(N=C(N)c3cccs3)cc21)C(=O)OC(C)(C)C.CN(CCN1CCOc2ccc([N+](=O)[O-])cc21)C(=O)OC(C)(C)C.CNCCN1CCOc2ccc(N=C(N)c3cccs3)cc21.O=[N+]([O-])c1ccc2c(c1)NCCO2. The van der Waals surface area contributed by atoms with Gasteiger partial charge in [-0.05, 0) is 180 Å². The van der Waals surface area contributed by atoms with E-state index < -0.39 is 44.4 Å². The van der Waals surface area contributed by atoms with Gasteiger partial charge < -0.3 is 114 Å². The first-order chi connectivity index (χ1) is 57.6. The molecule has 0 saturated heterocycles. The van der Waals surface area contributed by atoms with E-state index in [0.29, 0.717) is 125 Å². The highest BCUT2D eigenvalue weighted by molar-refractivity contribution is 7.12. The van der Waals surface area contributed by atoms with E-state index in [2.05, 4.69) is 35.3 Å². The van der Waals surface area contributed by atoms with Crippen molar-refractivity contribution < 1.29 is 76.5 Å². The number of carbonyl (C=O) groups is 5. The van der Waals surface area contributed by atoms with Crippen LogP contribution in [0.5, 0.6) is 28.7 Å². The van der Waals surface area contributed by atoms with Crippen molar-refractivity contribution in [2.24, 2.45) is 21.5 Å². The van der Waals surface area contributed by atoms with Gasteiger partial charge in [0, 0.05) is 117 Å². The number of fused-ring (bicyclic) bond motifs is 5. The average Bonchev–Trinajstić information content (AvgIpc) is 0.850. The second-order valence-electron chi connectivity index (χ2n) is 32.3. The number of nitrogens with two attached hydrogens (primary N) is 3. The molecule has 0 saturated carbocycles. The van der Waals surface area contributed by atoms with Gasteiger partial charge in [0.05, 0.1) is 92.1 Å². The second-order valence-corrected chi connectivity index (χ2v) is 34.2. The summed E-state index contributed by atoms with van der Waals surface area (Å²) in [5.74, 6) is 4.89. The molecular formula is C86H123N17O18S2. The molecule has 0 aliphatic carbocycles. The predicted octanol–water partition coefficient (Wildman–Crippen LogP) is 14.1. The Bertz CT molecular complexity index is 4660. The van der Waals surface area contributed by atoms with Crippen molar-refractivity contribution in [2.45, 2.75) is 113 Å². The van der Waals surface area contributed by atoms with E-state index >= 15 is 0 Å². The van der Waals surface area contributed by atoms with Gasteiger partial charge >= 0.3 is 24.4 Å². The van der Waals surface area contributed by atoms with Crippen molar-refractivity contribution >= 4 is 122 Å². The molecule has 2 aromatic heterocycles. The molecule has 7 aromatic rings. The summed E-state index contributed by atoms with van der Waals surface area (Å²) in [6.07, 6.45) is -0.851. The molecule has 5 aliphatic heterocycles. The molecule has 0 atom stereocenters. The molecule has 4 amide bonds. The number of nitro benzene ring substituents is 2. The quantitative estimate of drug-likeness (QED) is 0.00900. The molecule has 12 rings (SSSR count). The number of amides is 4. The molecule has 0 radical (unpaired) electrons. The Kier molecular flexibility index (Phi) is 37.8. The summed E-state index contributed by atoms with van der Waals surface area (Å²) in [4.78, 5) is 103.